The number of fused-ring (bicyclic) bond motifs is 1. The molecule has 0 saturated carbocycles. The fraction of sp³-hybridized carbons (Fsp3) is 0.381. The van der Waals surface area contributed by atoms with Crippen molar-refractivity contribution in [1.82, 2.24) is 20.1 Å². The molecule has 1 aliphatic rings. The van der Waals surface area contributed by atoms with Crippen LogP contribution in [-0.4, -0.2) is 69.6 Å². The van der Waals surface area contributed by atoms with E-state index in [0.717, 1.165) is 6.07 Å². The first-order chi connectivity index (χ1) is 14.6. The maximum atomic E-state index is 12.9. The van der Waals surface area contributed by atoms with Crippen molar-refractivity contribution in [3.05, 3.63) is 42.1 Å². The molecule has 3 aromatic rings. The van der Waals surface area contributed by atoms with Crippen LogP contribution in [-0.2, 0) is 6.18 Å². The second-order valence-corrected chi connectivity index (χ2v) is 8.14. The van der Waals surface area contributed by atoms with Crippen LogP contribution < -0.4 is 4.90 Å². The Kier molecular flexibility index (Phi) is 5.22. The average Bonchev–Trinajstić information content (AvgIpc) is 3.07. The highest BCUT2D eigenvalue weighted by Gasteiger charge is 2.38. The molecule has 31 heavy (non-hydrogen) atoms. The SMILES string of the molecule is CN(C)C[C@@]1(O)CCN(c2nnc(-c3ccc(C(F)(F)F)cc3O)c3cccnc23)C1. The Labute approximate surface area is 176 Å². The van der Waals surface area contributed by atoms with Gasteiger partial charge in [0, 0.05) is 36.8 Å². The quantitative estimate of drug-likeness (QED) is 0.654. The van der Waals surface area contributed by atoms with E-state index in [0.29, 0.717) is 48.8 Å². The zero-order valence-electron chi connectivity index (χ0n) is 17.1. The lowest BCUT2D eigenvalue weighted by Gasteiger charge is -2.27. The van der Waals surface area contributed by atoms with E-state index in [4.69, 9.17) is 0 Å². The molecule has 10 heteroatoms. The molecule has 3 heterocycles. The first-order valence-corrected chi connectivity index (χ1v) is 9.71. The van der Waals surface area contributed by atoms with Crippen LogP contribution in [0.5, 0.6) is 5.75 Å². The summed E-state index contributed by atoms with van der Waals surface area (Å²) in [7, 11) is 3.78. The number of aromatic hydroxyl groups is 1. The average molecular weight is 433 g/mol. The number of phenolic OH excluding ortho intramolecular Hbond substituents is 1. The third kappa shape index (κ3) is 4.13. The van der Waals surface area contributed by atoms with E-state index < -0.39 is 23.1 Å². The van der Waals surface area contributed by atoms with Crippen molar-refractivity contribution in [2.24, 2.45) is 0 Å². The standard InChI is InChI=1S/C21H22F3N5O2/c1-28(2)11-20(31)7-9-29(12-20)19-18-15(4-3-8-25-18)17(26-27-19)14-6-5-13(10-16(14)30)21(22,23)24/h3-6,8,10,30-31H,7,9,11-12H2,1-2H3/t20-/m0/s1. The van der Waals surface area contributed by atoms with Crippen LogP contribution in [0.15, 0.2) is 36.5 Å². The van der Waals surface area contributed by atoms with Gasteiger partial charge in [-0.25, -0.2) is 0 Å². The Hall–Kier alpha value is -2.98. The molecule has 1 atom stereocenters. The van der Waals surface area contributed by atoms with E-state index in [1.165, 1.54) is 6.07 Å². The monoisotopic (exact) mass is 433 g/mol. The van der Waals surface area contributed by atoms with Gasteiger partial charge in [0.25, 0.3) is 0 Å². The first kappa shape index (κ1) is 21.3. The van der Waals surface area contributed by atoms with Crippen LogP contribution in [0.3, 0.4) is 0 Å². The number of aliphatic hydroxyl groups is 1. The summed E-state index contributed by atoms with van der Waals surface area (Å²) in [6.07, 6.45) is -2.41. The molecule has 7 nitrogen and oxygen atoms in total. The van der Waals surface area contributed by atoms with Crippen LogP contribution in [0.2, 0.25) is 0 Å². The Morgan fingerprint density at radius 1 is 1.19 bits per heavy atom. The molecule has 164 valence electrons. The summed E-state index contributed by atoms with van der Waals surface area (Å²) in [6, 6.07) is 6.17. The van der Waals surface area contributed by atoms with Crippen molar-refractivity contribution in [1.29, 1.82) is 0 Å². The van der Waals surface area contributed by atoms with Crippen LogP contribution in [0.1, 0.15) is 12.0 Å². The van der Waals surface area contributed by atoms with Gasteiger partial charge in [-0.15, -0.1) is 10.2 Å². The summed E-state index contributed by atoms with van der Waals surface area (Å²) >= 11 is 0. The Morgan fingerprint density at radius 3 is 2.65 bits per heavy atom. The summed E-state index contributed by atoms with van der Waals surface area (Å²) in [5.74, 6) is -0.0519. The van der Waals surface area contributed by atoms with Crippen LogP contribution in [0.25, 0.3) is 22.2 Å². The van der Waals surface area contributed by atoms with Crippen molar-refractivity contribution in [2.45, 2.75) is 18.2 Å². The van der Waals surface area contributed by atoms with Gasteiger partial charge in [0.05, 0.1) is 11.2 Å². The smallest absolute Gasteiger partial charge is 0.416 e. The van der Waals surface area contributed by atoms with E-state index in [9.17, 15) is 23.4 Å². The van der Waals surface area contributed by atoms with E-state index in [-0.39, 0.29) is 11.3 Å². The van der Waals surface area contributed by atoms with Crippen molar-refractivity contribution in [3.63, 3.8) is 0 Å². The van der Waals surface area contributed by atoms with Crippen LogP contribution in [0.4, 0.5) is 19.0 Å². The fourth-order valence-electron chi connectivity index (χ4n) is 4.05. The van der Waals surface area contributed by atoms with Gasteiger partial charge in [-0.2, -0.15) is 13.2 Å². The molecule has 4 rings (SSSR count). The van der Waals surface area contributed by atoms with Crippen molar-refractivity contribution in [2.75, 3.05) is 38.6 Å². The number of halogens is 3. The molecular weight excluding hydrogens is 411 g/mol. The third-order valence-electron chi connectivity index (χ3n) is 5.34. The highest BCUT2D eigenvalue weighted by molar-refractivity contribution is 5.98. The number of aromatic nitrogens is 3. The topological polar surface area (TPSA) is 85.6 Å². The number of hydrogen-bond acceptors (Lipinski definition) is 7. The maximum absolute atomic E-state index is 12.9. The number of β-amino-alcohol motifs (C(OH)–C–C–N with tert-alkyl or cyclic N) is 1. The lowest BCUT2D eigenvalue weighted by atomic mass is 10.0. The number of rotatable bonds is 4. The van der Waals surface area contributed by atoms with Crippen molar-refractivity contribution < 1.29 is 23.4 Å². The predicted molar refractivity (Wildman–Crippen MR) is 110 cm³/mol. The van der Waals surface area contributed by atoms with Gasteiger partial charge in [-0.1, -0.05) is 0 Å². The molecule has 0 aliphatic carbocycles. The number of anilines is 1. The van der Waals surface area contributed by atoms with E-state index >= 15 is 0 Å². The van der Waals surface area contributed by atoms with Gasteiger partial charge in [0.15, 0.2) is 5.82 Å². The number of likely N-dealkylation sites (N-methyl/N-ethyl adjacent to an activating group) is 1. The van der Waals surface area contributed by atoms with Gasteiger partial charge in [-0.05, 0) is 50.8 Å². The minimum absolute atomic E-state index is 0.135. The predicted octanol–water partition coefficient (Wildman–Crippen LogP) is 2.92. The van der Waals surface area contributed by atoms with Gasteiger partial charge in [0.2, 0.25) is 0 Å². The van der Waals surface area contributed by atoms with Crippen molar-refractivity contribution in [3.8, 4) is 17.0 Å². The molecule has 1 saturated heterocycles. The Bertz CT molecular complexity index is 1120. The first-order valence-electron chi connectivity index (χ1n) is 9.71. The third-order valence-corrected chi connectivity index (χ3v) is 5.34. The minimum atomic E-state index is -4.56. The molecule has 1 aromatic carbocycles. The molecule has 2 N–H and O–H groups in total. The molecule has 2 aromatic heterocycles. The second-order valence-electron chi connectivity index (χ2n) is 8.14. The molecule has 0 unspecified atom stereocenters. The van der Waals surface area contributed by atoms with Crippen molar-refractivity contribution >= 4 is 16.7 Å². The number of benzene rings is 1. The molecule has 1 fully saturated rings. The summed E-state index contributed by atoms with van der Waals surface area (Å²) in [5, 5.41) is 30.2. The summed E-state index contributed by atoms with van der Waals surface area (Å²) in [5.41, 5.74) is -0.966. The fourth-order valence-corrected chi connectivity index (χ4v) is 4.05. The van der Waals surface area contributed by atoms with E-state index in [2.05, 4.69) is 15.2 Å². The number of phenols is 1. The highest BCUT2D eigenvalue weighted by Crippen LogP contribution is 2.39. The molecule has 0 bridgehead atoms. The van der Waals surface area contributed by atoms with Gasteiger partial charge in [0.1, 0.15) is 17.0 Å². The Morgan fingerprint density at radius 2 is 1.97 bits per heavy atom. The lowest BCUT2D eigenvalue weighted by molar-refractivity contribution is -0.137. The maximum Gasteiger partial charge on any atom is 0.416 e. The van der Waals surface area contributed by atoms with Gasteiger partial charge >= 0.3 is 6.18 Å². The number of pyridine rings is 1. The number of alkyl halides is 3. The van der Waals surface area contributed by atoms with Gasteiger partial charge < -0.3 is 20.0 Å². The zero-order valence-corrected chi connectivity index (χ0v) is 17.1. The molecule has 0 amide bonds. The highest BCUT2D eigenvalue weighted by atomic mass is 19.4. The normalized spacial score (nSPS) is 19.5. The second kappa shape index (κ2) is 7.61. The number of nitrogens with zero attached hydrogens (tertiary/aromatic N) is 5. The largest absolute Gasteiger partial charge is 0.507 e. The van der Waals surface area contributed by atoms with Crippen LogP contribution in [0, 0.1) is 0 Å². The summed E-state index contributed by atoms with van der Waals surface area (Å²) in [6.45, 7) is 1.42. The van der Waals surface area contributed by atoms with Gasteiger partial charge in [-0.3, -0.25) is 4.98 Å². The lowest BCUT2D eigenvalue weighted by Crippen LogP contribution is -2.42. The summed E-state index contributed by atoms with van der Waals surface area (Å²) in [4.78, 5) is 8.23. The molecular formula is C21H22F3N5O2. The molecule has 0 radical (unpaired) electrons. The van der Waals surface area contributed by atoms with Crippen LogP contribution >= 0.6 is 0 Å². The number of hydrogen-bond donors (Lipinski definition) is 2. The minimum Gasteiger partial charge on any atom is -0.507 e. The molecule has 1 aliphatic heterocycles. The Balaban J connectivity index is 1.75. The molecule has 0 spiro atoms. The van der Waals surface area contributed by atoms with E-state index in [1.807, 2.05) is 23.9 Å². The summed E-state index contributed by atoms with van der Waals surface area (Å²) < 4.78 is 38.8. The zero-order chi connectivity index (χ0) is 22.4. The van der Waals surface area contributed by atoms with E-state index in [1.54, 1.807) is 18.3 Å².